The molecule has 1 aliphatic heterocycles. The second kappa shape index (κ2) is 7.81. The molecule has 0 spiro atoms. The highest BCUT2D eigenvalue weighted by atomic mass is 16.6. The molecule has 128 valence electrons. The first-order valence-corrected chi connectivity index (χ1v) is 8.21. The molecular formula is C16H31N3O3. The molecule has 6 heteroatoms. The minimum atomic E-state index is -0.516. The maximum atomic E-state index is 12.6. The van der Waals surface area contributed by atoms with E-state index in [9.17, 15) is 9.59 Å². The Hall–Kier alpha value is -1.30. The van der Waals surface area contributed by atoms with E-state index in [0.717, 1.165) is 12.8 Å². The number of nitrogens with zero attached hydrogens (tertiary/aromatic N) is 2. The third-order valence-electron chi connectivity index (χ3n) is 4.02. The van der Waals surface area contributed by atoms with Crippen molar-refractivity contribution in [1.29, 1.82) is 0 Å². The average molecular weight is 313 g/mol. The van der Waals surface area contributed by atoms with Gasteiger partial charge in [0, 0.05) is 32.1 Å². The van der Waals surface area contributed by atoms with Gasteiger partial charge in [0.05, 0.1) is 6.04 Å². The molecule has 1 atom stereocenters. The Morgan fingerprint density at radius 3 is 2.27 bits per heavy atom. The SMILES string of the molecule is CCC(CC)C(=O)N1CCN(C(=O)OC(C)(C)C)CC1CN. The highest BCUT2D eigenvalue weighted by Gasteiger charge is 2.35. The number of carbonyl (C=O) groups is 2. The fraction of sp³-hybridized carbons (Fsp3) is 0.875. The predicted molar refractivity (Wildman–Crippen MR) is 86.4 cm³/mol. The number of nitrogens with two attached hydrogens (primary N) is 1. The normalized spacial score (nSPS) is 19.5. The van der Waals surface area contributed by atoms with E-state index in [0.29, 0.717) is 26.2 Å². The Labute approximate surface area is 134 Å². The molecule has 1 unspecified atom stereocenters. The summed E-state index contributed by atoms with van der Waals surface area (Å²) in [7, 11) is 0. The van der Waals surface area contributed by atoms with Crippen LogP contribution < -0.4 is 5.73 Å². The molecule has 22 heavy (non-hydrogen) atoms. The van der Waals surface area contributed by atoms with Crippen LogP contribution in [-0.2, 0) is 9.53 Å². The van der Waals surface area contributed by atoms with Crippen LogP contribution in [0.3, 0.4) is 0 Å². The van der Waals surface area contributed by atoms with E-state index in [2.05, 4.69) is 0 Å². The van der Waals surface area contributed by atoms with E-state index in [4.69, 9.17) is 10.5 Å². The van der Waals surface area contributed by atoms with Gasteiger partial charge in [0.1, 0.15) is 5.60 Å². The molecule has 6 nitrogen and oxygen atoms in total. The molecule has 1 fully saturated rings. The van der Waals surface area contributed by atoms with Crippen molar-refractivity contribution in [3.63, 3.8) is 0 Å². The zero-order valence-electron chi connectivity index (χ0n) is 14.6. The van der Waals surface area contributed by atoms with Crippen LogP contribution >= 0.6 is 0 Å². The first kappa shape index (κ1) is 18.7. The van der Waals surface area contributed by atoms with Crippen LogP contribution in [0.5, 0.6) is 0 Å². The molecule has 2 amide bonds. The average Bonchev–Trinajstić information content (AvgIpc) is 2.45. The van der Waals surface area contributed by atoms with Crippen molar-refractivity contribution in [3.8, 4) is 0 Å². The first-order chi connectivity index (χ1) is 10.2. The number of amides is 2. The number of hydrogen-bond donors (Lipinski definition) is 1. The monoisotopic (exact) mass is 313 g/mol. The smallest absolute Gasteiger partial charge is 0.410 e. The van der Waals surface area contributed by atoms with Crippen LogP contribution in [0.25, 0.3) is 0 Å². The lowest BCUT2D eigenvalue weighted by Gasteiger charge is -2.42. The lowest BCUT2D eigenvalue weighted by molar-refractivity contribution is -0.140. The molecule has 1 heterocycles. The second-order valence-electron chi connectivity index (χ2n) is 6.86. The summed E-state index contributed by atoms with van der Waals surface area (Å²) in [4.78, 5) is 28.2. The summed E-state index contributed by atoms with van der Waals surface area (Å²) in [5.74, 6) is 0.200. The van der Waals surface area contributed by atoms with E-state index in [1.807, 2.05) is 39.5 Å². The molecule has 0 aromatic rings. The van der Waals surface area contributed by atoms with Crippen molar-refractivity contribution in [2.45, 2.75) is 59.1 Å². The standard InChI is InChI=1S/C16H31N3O3/c1-6-12(7-2)14(20)19-9-8-18(11-13(19)10-17)15(21)22-16(3,4)5/h12-13H,6-11,17H2,1-5H3. The van der Waals surface area contributed by atoms with Crippen LogP contribution in [0.4, 0.5) is 4.79 Å². The van der Waals surface area contributed by atoms with Gasteiger partial charge in [-0.15, -0.1) is 0 Å². The number of rotatable bonds is 4. The molecule has 1 aliphatic rings. The van der Waals surface area contributed by atoms with Crippen LogP contribution in [0, 0.1) is 5.92 Å². The summed E-state index contributed by atoms with van der Waals surface area (Å²) in [5, 5.41) is 0. The molecular weight excluding hydrogens is 282 g/mol. The molecule has 0 aromatic carbocycles. The van der Waals surface area contributed by atoms with Gasteiger partial charge >= 0.3 is 6.09 Å². The third kappa shape index (κ3) is 4.87. The fourth-order valence-electron chi connectivity index (χ4n) is 2.71. The lowest BCUT2D eigenvalue weighted by atomic mass is 9.99. The van der Waals surface area contributed by atoms with Crippen molar-refractivity contribution in [1.82, 2.24) is 9.80 Å². The zero-order chi connectivity index (χ0) is 16.9. The van der Waals surface area contributed by atoms with E-state index >= 15 is 0 Å². The number of hydrogen-bond acceptors (Lipinski definition) is 4. The van der Waals surface area contributed by atoms with Crippen molar-refractivity contribution in [3.05, 3.63) is 0 Å². The Balaban J connectivity index is 2.71. The highest BCUT2D eigenvalue weighted by Crippen LogP contribution is 2.19. The Morgan fingerprint density at radius 1 is 1.23 bits per heavy atom. The van der Waals surface area contributed by atoms with Crippen molar-refractivity contribution in [2.24, 2.45) is 11.7 Å². The maximum absolute atomic E-state index is 12.6. The molecule has 2 N–H and O–H groups in total. The van der Waals surface area contributed by atoms with E-state index in [1.54, 1.807) is 4.90 Å². The lowest BCUT2D eigenvalue weighted by Crippen LogP contribution is -2.60. The van der Waals surface area contributed by atoms with E-state index < -0.39 is 5.60 Å². The van der Waals surface area contributed by atoms with Gasteiger partial charge in [-0.25, -0.2) is 4.79 Å². The summed E-state index contributed by atoms with van der Waals surface area (Å²) < 4.78 is 5.40. The minimum Gasteiger partial charge on any atom is -0.444 e. The van der Waals surface area contributed by atoms with Crippen LogP contribution in [0.2, 0.25) is 0 Å². The number of carbonyl (C=O) groups excluding carboxylic acids is 2. The van der Waals surface area contributed by atoms with E-state index in [1.165, 1.54) is 0 Å². The molecule has 0 radical (unpaired) electrons. The summed E-state index contributed by atoms with van der Waals surface area (Å²) in [6, 6.07) is -0.130. The maximum Gasteiger partial charge on any atom is 0.410 e. The van der Waals surface area contributed by atoms with E-state index in [-0.39, 0.29) is 24.0 Å². The quantitative estimate of drug-likeness (QED) is 0.859. The second-order valence-corrected chi connectivity index (χ2v) is 6.86. The van der Waals surface area contributed by atoms with Gasteiger partial charge in [0.15, 0.2) is 0 Å². The summed E-state index contributed by atoms with van der Waals surface area (Å²) in [5.41, 5.74) is 5.32. The molecule has 1 rings (SSSR count). The highest BCUT2D eigenvalue weighted by molar-refractivity contribution is 5.79. The fourth-order valence-corrected chi connectivity index (χ4v) is 2.71. The largest absolute Gasteiger partial charge is 0.444 e. The minimum absolute atomic E-state index is 0.0436. The summed E-state index contributed by atoms with van der Waals surface area (Å²) in [6.07, 6.45) is 1.33. The van der Waals surface area contributed by atoms with Crippen LogP contribution in [0.15, 0.2) is 0 Å². The molecule has 0 aromatic heterocycles. The Morgan fingerprint density at radius 2 is 1.82 bits per heavy atom. The topological polar surface area (TPSA) is 75.9 Å². The molecule has 0 saturated carbocycles. The summed E-state index contributed by atoms with van der Waals surface area (Å²) in [6.45, 7) is 11.4. The zero-order valence-corrected chi connectivity index (χ0v) is 14.6. The Bertz CT molecular complexity index is 389. The molecule has 1 saturated heterocycles. The van der Waals surface area contributed by atoms with Crippen LogP contribution in [-0.4, -0.2) is 59.6 Å². The van der Waals surface area contributed by atoms with Crippen molar-refractivity contribution >= 4 is 12.0 Å². The molecule has 0 bridgehead atoms. The van der Waals surface area contributed by atoms with Gasteiger partial charge in [-0.05, 0) is 33.6 Å². The van der Waals surface area contributed by atoms with Gasteiger partial charge < -0.3 is 20.3 Å². The van der Waals surface area contributed by atoms with Gasteiger partial charge in [-0.2, -0.15) is 0 Å². The van der Waals surface area contributed by atoms with Crippen LogP contribution in [0.1, 0.15) is 47.5 Å². The molecule has 0 aliphatic carbocycles. The van der Waals surface area contributed by atoms with Gasteiger partial charge in [-0.1, -0.05) is 13.8 Å². The third-order valence-corrected chi connectivity index (χ3v) is 4.02. The van der Waals surface area contributed by atoms with Gasteiger partial charge in [0.2, 0.25) is 5.91 Å². The predicted octanol–water partition coefficient (Wildman–Crippen LogP) is 1.83. The Kier molecular flexibility index (Phi) is 6.66. The summed E-state index contributed by atoms with van der Waals surface area (Å²) >= 11 is 0. The van der Waals surface area contributed by atoms with Crippen molar-refractivity contribution in [2.75, 3.05) is 26.2 Å². The van der Waals surface area contributed by atoms with Gasteiger partial charge in [0.25, 0.3) is 0 Å². The van der Waals surface area contributed by atoms with Crippen molar-refractivity contribution < 1.29 is 14.3 Å². The number of piperazine rings is 1. The van der Waals surface area contributed by atoms with Gasteiger partial charge in [-0.3, -0.25) is 4.79 Å². The first-order valence-electron chi connectivity index (χ1n) is 8.21. The number of ether oxygens (including phenoxy) is 1.